The first kappa shape index (κ1) is 23.0. The number of aliphatic hydroxyl groups excluding tert-OH is 1. The van der Waals surface area contributed by atoms with Crippen LogP contribution in [0.25, 0.3) is 0 Å². The van der Waals surface area contributed by atoms with Crippen molar-refractivity contribution in [2.75, 3.05) is 12.4 Å². The van der Waals surface area contributed by atoms with Gasteiger partial charge in [-0.3, -0.25) is 9.79 Å². The van der Waals surface area contributed by atoms with Crippen molar-refractivity contribution >= 4 is 46.0 Å². The molecule has 0 aromatic heterocycles. The minimum absolute atomic E-state index is 0.0511. The third-order valence-corrected chi connectivity index (χ3v) is 6.96. The number of aliphatic hydroxyl groups is 1. The van der Waals surface area contributed by atoms with Crippen molar-refractivity contribution in [2.45, 2.75) is 45.1 Å². The van der Waals surface area contributed by atoms with Gasteiger partial charge in [-0.25, -0.2) is 0 Å². The summed E-state index contributed by atoms with van der Waals surface area (Å²) in [6.07, 6.45) is 1.67. The van der Waals surface area contributed by atoms with E-state index in [4.69, 9.17) is 28.2 Å². The van der Waals surface area contributed by atoms with Crippen LogP contribution >= 0.6 is 35.0 Å². The van der Waals surface area contributed by atoms with E-state index >= 15 is 0 Å². The van der Waals surface area contributed by atoms with Crippen LogP contribution in [0.2, 0.25) is 10.0 Å². The molecule has 8 heteroatoms. The number of nitriles is 1. The van der Waals surface area contributed by atoms with E-state index < -0.39 is 29.3 Å². The van der Waals surface area contributed by atoms with Crippen molar-refractivity contribution in [1.82, 2.24) is 0 Å². The predicted octanol–water partition coefficient (Wildman–Crippen LogP) is 5.00. The van der Waals surface area contributed by atoms with Crippen LogP contribution < -0.4 is 0 Å². The monoisotopic (exact) mass is 442 g/mol. The van der Waals surface area contributed by atoms with E-state index in [-0.39, 0.29) is 6.61 Å². The Morgan fingerprint density at radius 2 is 2.11 bits per heavy atom. The number of benzene rings is 1. The molecule has 1 aliphatic rings. The fourth-order valence-electron chi connectivity index (χ4n) is 4.09. The van der Waals surface area contributed by atoms with Gasteiger partial charge in [0.05, 0.1) is 29.2 Å². The van der Waals surface area contributed by atoms with Crippen LogP contribution in [0.15, 0.2) is 23.2 Å². The van der Waals surface area contributed by atoms with Gasteiger partial charge in [0, 0.05) is 21.7 Å². The Labute approximate surface area is 179 Å². The Bertz CT molecular complexity index is 796. The summed E-state index contributed by atoms with van der Waals surface area (Å²) in [5.41, 5.74) is -0.656. The zero-order chi connectivity index (χ0) is 20.9. The number of aliphatic carboxylic acids is 1. The molecule has 2 N–H and O–H groups in total. The van der Waals surface area contributed by atoms with Gasteiger partial charge in [0.2, 0.25) is 0 Å². The molecule has 5 nitrogen and oxygen atoms in total. The molecule has 0 bridgehead atoms. The van der Waals surface area contributed by atoms with E-state index in [0.29, 0.717) is 39.2 Å². The van der Waals surface area contributed by atoms with Crippen molar-refractivity contribution < 1.29 is 15.0 Å². The predicted molar refractivity (Wildman–Crippen MR) is 114 cm³/mol. The molecule has 0 amide bonds. The summed E-state index contributed by atoms with van der Waals surface area (Å²) in [5, 5.41) is 30.9. The zero-order valence-electron chi connectivity index (χ0n) is 15.9. The maximum absolute atomic E-state index is 12.6. The van der Waals surface area contributed by atoms with Gasteiger partial charge in [0.25, 0.3) is 0 Å². The molecule has 0 spiro atoms. The van der Waals surface area contributed by atoms with E-state index in [9.17, 15) is 20.3 Å². The number of nitrogens with zero attached hydrogens (tertiary/aromatic N) is 2. The summed E-state index contributed by atoms with van der Waals surface area (Å²) in [7, 11) is 0. The molecule has 2 rings (SSSR count). The first-order chi connectivity index (χ1) is 13.4. The van der Waals surface area contributed by atoms with Crippen molar-refractivity contribution in [3.8, 4) is 6.07 Å². The number of halogens is 2. The molecule has 0 fully saturated rings. The van der Waals surface area contributed by atoms with E-state index in [1.807, 2.05) is 13.8 Å². The summed E-state index contributed by atoms with van der Waals surface area (Å²) in [4.78, 5) is 17.4. The molecule has 1 heterocycles. The Kier molecular flexibility index (Phi) is 8.20. The van der Waals surface area contributed by atoms with Gasteiger partial charge >= 0.3 is 5.97 Å². The second-order valence-corrected chi connectivity index (χ2v) is 8.75. The van der Waals surface area contributed by atoms with Gasteiger partial charge in [0.1, 0.15) is 5.92 Å². The molecule has 152 valence electrons. The van der Waals surface area contributed by atoms with Gasteiger partial charge in [-0.05, 0) is 30.5 Å². The maximum atomic E-state index is 12.6. The highest BCUT2D eigenvalue weighted by Crippen LogP contribution is 2.54. The lowest BCUT2D eigenvalue weighted by molar-refractivity contribution is -0.153. The third-order valence-electron chi connectivity index (χ3n) is 5.36. The summed E-state index contributed by atoms with van der Waals surface area (Å²) < 4.78 is 0. The second-order valence-electron chi connectivity index (χ2n) is 6.79. The number of carbonyl (C=O) groups is 1. The second kappa shape index (κ2) is 9.98. The number of rotatable bonds is 7. The van der Waals surface area contributed by atoms with Crippen LogP contribution in [-0.4, -0.2) is 39.6 Å². The Balaban J connectivity index is 2.77. The first-order valence-electron chi connectivity index (χ1n) is 9.26. The fourth-order valence-corrected chi connectivity index (χ4v) is 5.49. The number of hydrogen-bond donors (Lipinski definition) is 2. The number of carboxylic acids is 1. The lowest BCUT2D eigenvalue weighted by atomic mass is 9.59. The number of hydrogen-bond acceptors (Lipinski definition) is 5. The Morgan fingerprint density at radius 3 is 2.61 bits per heavy atom. The topological polar surface area (TPSA) is 93.7 Å². The van der Waals surface area contributed by atoms with Crippen LogP contribution in [-0.2, 0) is 4.79 Å². The molecular weight excluding hydrogens is 419 g/mol. The highest BCUT2D eigenvalue weighted by atomic mass is 35.5. The average Bonchev–Trinajstić information content (AvgIpc) is 2.66. The normalized spacial score (nSPS) is 27.1. The molecular formula is C20H24Cl2N2O3S. The van der Waals surface area contributed by atoms with Crippen LogP contribution in [0.4, 0.5) is 0 Å². The minimum Gasteiger partial charge on any atom is -0.481 e. The van der Waals surface area contributed by atoms with Crippen molar-refractivity contribution in [2.24, 2.45) is 16.3 Å². The molecule has 28 heavy (non-hydrogen) atoms. The SMILES string of the molecule is CCCC1N=C(SCCO)C(C#N)C(c2ccc(Cl)cc2Cl)C1(CC)C(=O)O. The average molecular weight is 443 g/mol. The standard InChI is InChI=1S/C20H24Cl2N2O3S/c1-3-5-16-20(4-2,19(26)27)17(13-7-6-12(21)10-15(13)22)14(11-23)18(24-16)28-9-8-25/h6-7,10,14,16-17,25H,3-5,8-9H2,1-2H3,(H,26,27). The molecule has 0 saturated carbocycles. The maximum Gasteiger partial charge on any atom is 0.312 e. The van der Waals surface area contributed by atoms with Gasteiger partial charge in [-0.1, -0.05) is 49.5 Å². The Morgan fingerprint density at radius 1 is 1.39 bits per heavy atom. The highest BCUT2D eigenvalue weighted by Gasteiger charge is 2.57. The zero-order valence-corrected chi connectivity index (χ0v) is 18.2. The van der Waals surface area contributed by atoms with Gasteiger partial charge < -0.3 is 10.2 Å². The van der Waals surface area contributed by atoms with Crippen molar-refractivity contribution in [3.05, 3.63) is 33.8 Å². The lowest BCUT2D eigenvalue weighted by Gasteiger charge is -2.47. The Hall–Kier alpha value is -1.26. The van der Waals surface area contributed by atoms with E-state index in [0.717, 1.165) is 6.42 Å². The van der Waals surface area contributed by atoms with Gasteiger partial charge in [0.15, 0.2) is 0 Å². The molecule has 1 aromatic carbocycles. The van der Waals surface area contributed by atoms with E-state index in [2.05, 4.69) is 6.07 Å². The summed E-state index contributed by atoms with van der Waals surface area (Å²) >= 11 is 13.8. The number of carboxylic acid groups (broad SMARTS) is 1. The minimum atomic E-state index is -1.25. The summed E-state index contributed by atoms with van der Waals surface area (Å²) in [6, 6.07) is 6.75. The van der Waals surface area contributed by atoms with Gasteiger partial charge in [-0.15, -0.1) is 11.8 Å². The fraction of sp³-hybridized carbons (Fsp3) is 0.550. The molecule has 1 aliphatic heterocycles. The van der Waals surface area contributed by atoms with Crippen molar-refractivity contribution in [3.63, 3.8) is 0 Å². The number of thioether (sulfide) groups is 1. The molecule has 0 aliphatic carbocycles. The smallest absolute Gasteiger partial charge is 0.312 e. The lowest BCUT2D eigenvalue weighted by Crippen LogP contribution is -2.52. The van der Waals surface area contributed by atoms with Crippen molar-refractivity contribution in [1.29, 1.82) is 5.26 Å². The van der Waals surface area contributed by atoms with E-state index in [1.165, 1.54) is 11.8 Å². The quantitative estimate of drug-likeness (QED) is 0.618. The van der Waals surface area contributed by atoms with E-state index in [1.54, 1.807) is 18.2 Å². The van der Waals surface area contributed by atoms with Gasteiger partial charge in [-0.2, -0.15) is 5.26 Å². The molecule has 0 radical (unpaired) electrons. The van der Waals surface area contributed by atoms with Crippen LogP contribution in [0.1, 0.15) is 44.6 Å². The summed E-state index contributed by atoms with van der Waals surface area (Å²) in [5.74, 6) is -2.01. The molecule has 4 unspecified atom stereocenters. The summed E-state index contributed by atoms with van der Waals surface area (Å²) in [6.45, 7) is 3.76. The number of aliphatic imine (C=N–C) groups is 1. The molecule has 4 atom stereocenters. The molecule has 0 saturated heterocycles. The largest absolute Gasteiger partial charge is 0.481 e. The van der Waals surface area contributed by atoms with Crippen LogP contribution in [0.5, 0.6) is 0 Å². The van der Waals surface area contributed by atoms with Crippen LogP contribution in [0.3, 0.4) is 0 Å². The molecule has 1 aromatic rings. The highest BCUT2D eigenvalue weighted by molar-refractivity contribution is 8.14. The first-order valence-corrected chi connectivity index (χ1v) is 11.0. The third kappa shape index (κ3) is 4.18. The van der Waals surface area contributed by atoms with Crippen LogP contribution in [0, 0.1) is 22.7 Å².